The fourth-order valence-corrected chi connectivity index (χ4v) is 3.13. The summed E-state index contributed by atoms with van der Waals surface area (Å²) < 4.78 is 0. The molecule has 2 rings (SSSR count). The van der Waals surface area contributed by atoms with Gasteiger partial charge in [0, 0.05) is 24.7 Å². The number of piperidine rings is 1. The van der Waals surface area contributed by atoms with Gasteiger partial charge < -0.3 is 15.5 Å². The van der Waals surface area contributed by atoms with Crippen LogP contribution in [-0.4, -0.2) is 44.1 Å². The Hall–Kier alpha value is -1.26. The second-order valence-electron chi connectivity index (χ2n) is 6.41. The molecule has 0 bridgehead atoms. The number of benzene rings is 1. The summed E-state index contributed by atoms with van der Waals surface area (Å²) in [6.07, 6.45) is 2.56. The highest BCUT2D eigenvalue weighted by Crippen LogP contribution is 2.17. The lowest BCUT2D eigenvalue weighted by atomic mass is 9.99. The maximum atomic E-state index is 5.96. The van der Waals surface area contributed by atoms with Crippen LogP contribution in [0.15, 0.2) is 29.3 Å². The number of nitrogens with zero attached hydrogens (tertiary/aromatic N) is 2. The molecule has 128 valence electrons. The Morgan fingerprint density at radius 1 is 1.39 bits per heavy atom. The molecule has 2 atom stereocenters. The van der Waals surface area contributed by atoms with Gasteiger partial charge in [0.2, 0.25) is 0 Å². The van der Waals surface area contributed by atoms with Crippen molar-refractivity contribution in [2.75, 3.05) is 33.2 Å². The van der Waals surface area contributed by atoms with Crippen LogP contribution in [0.5, 0.6) is 0 Å². The quantitative estimate of drug-likeness (QED) is 0.640. The molecule has 1 fully saturated rings. The molecule has 1 saturated heterocycles. The summed E-state index contributed by atoms with van der Waals surface area (Å²) in [6.45, 7) is 8.35. The van der Waals surface area contributed by atoms with Gasteiger partial charge in [-0.15, -0.1) is 0 Å². The predicted octanol–water partition coefficient (Wildman–Crippen LogP) is 3.30. The number of nitrogens with one attached hydrogen (secondary N) is 2. The Labute approximate surface area is 145 Å². The lowest BCUT2D eigenvalue weighted by molar-refractivity contribution is 0.214. The van der Waals surface area contributed by atoms with E-state index in [0.29, 0.717) is 5.92 Å². The first-order valence-corrected chi connectivity index (χ1v) is 8.95. The van der Waals surface area contributed by atoms with E-state index in [-0.39, 0.29) is 6.04 Å². The maximum absolute atomic E-state index is 5.96. The van der Waals surface area contributed by atoms with Crippen LogP contribution in [0.25, 0.3) is 0 Å². The number of rotatable bonds is 5. The number of hydrogen-bond donors (Lipinski definition) is 2. The van der Waals surface area contributed by atoms with Crippen molar-refractivity contribution in [3.05, 3.63) is 34.9 Å². The fourth-order valence-electron chi connectivity index (χ4n) is 3.00. The molecule has 1 aliphatic heterocycles. The van der Waals surface area contributed by atoms with Crippen molar-refractivity contribution in [1.29, 1.82) is 0 Å². The van der Waals surface area contributed by atoms with Crippen molar-refractivity contribution >= 4 is 17.6 Å². The first-order chi connectivity index (χ1) is 11.1. The van der Waals surface area contributed by atoms with E-state index in [2.05, 4.69) is 48.6 Å². The van der Waals surface area contributed by atoms with Crippen LogP contribution in [0.1, 0.15) is 38.3 Å². The van der Waals surface area contributed by atoms with E-state index in [1.165, 1.54) is 24.9 Å². The molecule has 5 heteroatoms. The topological polar surface area (TPSA) is 39.7 Å². The highest BCUT2D eigenvalue weighted by Gasteiger charge is 2.17. The van der Waals surface area contributed by atoms with Crippen molar-refractivity contribution < 1.29 is 0 Å². The molecule has 2 unspecified atom stereocenters. The molecule has 0 aromatic heterocycles. The van der Waals surface area contributed by atoms with Gasteiger partial charge in [0.1, 0.15) is 0 Å². The van der Waals surface area contributed by atoms with Gasteiger partial charge in [0.05, 0.1) is 6.04 Å². The molecule has 0 spiro atoms. The Balaban J connectivity index is 1.94. The lowest BCUT2D eigenvalue weighted by Crippen LogP contribution is -2.40. The number of likely N-dealkylation sites (tertiary alicyclic amines) is 1. The van der Waals surface area contributed by atoms with Gasteiger partial charge in [-0.05, 0) is 63.9 Å². The molecular weight excluding hydrogens is 308 g/mol. The third kappa shape index (κ3) is 6.04. The van der Waals surface area contributed by atoms with Crippen molar-refractivity contribution in [2.45, 2.75) is 32.7 Å². The van der Waals surface area contributed by atoms with Gasteiger partial charge in [-0.2, -0.15) is 0 Å². The minimum Gasteiger partial charge on any atom is -0.357 e. The first kappa shape index (κ1) is 18.1. The normalized spacial score (nSPS) is 21.0. The number of aliphatic imine (C=N–C) groups is 1. The molecule has 1 aromatic rings. The van der Waals surface area contributed by atoms with Gasteiger partial charge in [-0.1, -0.05) is 23.7 Å². The summed E-state index contributed by atoms with van der Waals surface area (Å²) in [7, 11) is 2.20. The zero-order valence-corrected chi connectivity index (χ0v) is 15.2. The van der Waals surface area contributed by atoms with E-state index in [1.54, 1.807) is 0 Å². The highest BCUT2D eigenvalue weighted by molar-refractivity contribution is 6.30. The minimum atomic E-state index is 0.194. The van der Waals surface area contributed by atoms with Crippen LogP contribution in [-0.2, 0) is 0 Å². The third-order valence-corrected chi connectivity index (χ3v) is 4.55. The van der Waals surface area contributed by atoms with Gasteiger partial charge >= 0.3 is 0 Å². The van der Waals surface area contributed by atoms with Crippen LogP contribution in [0.4, 0.5) is 0 Å². The van der Waals surface area contributed by atoms with E-state index in [4.69, 9.17) is 16.6 Å². The highest BCUT2D eigenvalue weighted by atomic mass is 35.5. The Kier molecular flexibility index (Phi) is 7.18. The monoisotopic (exact) mass is 336 g/mol. The molecule has 1 aliphatic rings. The van der Waals surface area contributed by atoms with Crippen molar-refractivity contribution in [2.24, 2.45) is 10.9 Å². The second-order valence-corrected chi connectivity index (χ2v) is 6.84. The van der Waals surface area contributed by atoms with E-state index in [1.807, 2.05) is 12.1 Å². The van der Waals surface area contributed by atoms with Gasteiger partial charge in [-0.25, -0.2) is 0 Å². The predicted molar refractivity (Wildman–Crippen MR) is 99.2 cm³/mol. The smallest absolute Gasteiger partial charge is 0.191 e. The average Bonchev–Trinajstić information content (AvgIpc) is 2.53. The largest absolute Gasteiger partial charge is 0.357 e. The molecule has 0 saturated carbocycles. The van der Waals surface area contributed by atoms with Crippen LogP contribution in [0, 0.1) is 5.92 Å². The first-order valence-electron chi connectivity index (χ1n) is 8.57. The van der Waals surface area contributed by atoms with E-state index >= 15 is 0 Å². The standard InChI is InChI=1S/C18H29ClN4/c1-4-20-18(21-12-15-6-5-11-23(3)13-15)22-14(2)16-7-9-17(19)10-8-16/h7-10,14-15H,4-6,11-13H2,1-3H3,(H2,20,21,22). The van der Waals surface area contributed by atoms with Gasteiger partial charge in [0.15, 0.2) is 5.96 Å². The average molecular weight is 337 g/mol. The number of guanidine groups is 1. The van der Waals surface area contributed by atoms with E-state index < -0.39 is 0 Å². The van der Waals surface area contributed by atoms with Crippen LogP contribution < -0.4 is 10.6 Å². The molecule has 2 N–H and O–H groups in total. The molecule has 4 nitrogen and oxygen atoms in total. The SMILES string of the molecule is CCNC(=NCC1CCCN(C)C1)NC(C)c1ccc(Cl)cc1. The third-order valence-electron chi connectivity index (χ3n) is 4.30. The second kappa shape index (κ2) is 9.14. The summed E-state index contributed by atoms with van der Waals surface area (Å²) >= 11 is 5.96. The van der Waals surface area contributed by atoms with Gasteiger partial charge in [0.25, 0.3) is 0 Å². The number of halogens is 1. The molecule has 0 aliphatic carbocycles. The Morgan fingerprint density at radius 2 is 2.13 bits per heavy atom. The summed E-state index contributed by atoms with van der Waals surface area (Å²) in [5.74, 6) is 1.55. The molecule has 0 radical (unpaired) electrons. The zero-order chi connectivity index (χ0) is 16.7. The molecule has 1 aromatic carbocycles. The summed E-state index contributed by atoms with van der Waals surface area (Å²) in [4.78, 5) is 7.20. The van der Waals surface area contributed by atoms with Gasteiger partial charge in [-0.3, -0.25) is 4.99 Å². The lowest BCUT2D eigenvalue weighted by Gasteiger charge is -2.29. The van der Waals surface area contributed by atoms with Crippen molar-refractivity contribution in [1.82, 2.24) is 15.5 Å². The fraction of sp³-hybridized carbons (Fsp3) is 0.611. The minimum absolute atomic E-state index is 0.194. The molecule has 1 heterocycles. The summed E-state index contributed by atoms with van der Waals surface area (Å²) in [5.41, 5.74) is 1.21. The van der Waals surface area contributed by atoms with Crippen LogP contribution in [0.3, 0.4) is 0 Å². The molecule has 23 heavy (non-hydrogen) atoms. The maximum Gasteiger partial charge on any atom is 0.191 e. The van der Waals surface area contributed by atoms with Crippen LogP contribution >= 0.6 is 11.6 Å². The Morgan fingerprint density at radius 3 is 2.78 bits per heavy atom. The van der Waals surface area contributed by atoms with Crippen LogP contribution in [0.2, 0.25) is 5.02 Å². The summed E-state index contributed by atoms with van der Waals surface area (Å²) in [6, 6.07) is 8.16. The van der Waals surface area contributed by atoms with Crippen molar-refractivity contribution in [3.63, 3.8) is 0 Å². The van der Waals surface area contributed by atoms with Crippen molar-refractivity contribution in [3.8, 4) is 0 Å². The van der Waals surface area contributed by atoms with E-state index in [9.17, 15) is 0 Å². The zero-order valence-electron chi connectivity index (χ0n) is 14.5. The number of hydrogen-bond acceptors (Lipinski definition) is 2. The summed E-state index contributed by atoms with van der Waals surface area (Å²) in [5, 5.41) is 7.60. The molecule has 0 amide bonds. The van der Waals surface area contributed by atoms with E-state index in [0.717, 1.165) is 30.6 Å². The Bertz CT molecular complexity index is 500. The molecular formula is C18H29ClN4.